The maximum atomic E-state index is 12.2. The van der Waals surface area contributed by atoms with Gasteiger partial charge in [0.25, 0.3) is 5.75 Å². The number of esters is 1. The summed E-state index contributed by atoms with van der Waals surface area (Å²) in [7, 11) is 1.45. The quantitative estimate of drug-likeness (QED) is 0.390. The van der Waals surface area contributed by atoms with Crippen molar-refractivity contribution >= 4 is 16.9 Å². The summed E-state index contributed by atoms with van der Waals surface area (Å²) in [5.41, 5.74) is -0.167. The molecule has 6 nitrogen and oxygen atoms in total. The third kappa shape index (κ3) is 4.29. The zero-order valence-corrected chi connectivity index (χ0v) is 14.9. The van der Waals surface area contributed by atoms with E-state index in [1.807, 2.05) is 13.8 Å². The van der Waals surface area contributed by atoms with E-state index in [1.54, 1.807) is 54.6 Å². The van der Waals surface area contributed by atoms with Gasteiger partial charge in [0.15, 0.2) is 12.5 Å². The normalized spacial score (nSPS) is 9.96. The van der Waals surface area contributed by atoms with Crippen molar-refractivity contribution in [1.29, 1.82) is 0 Å². The van der Waals surface area contributed by atoms with Crippen molar-refractivity contribution in [3.8, 4) is 11.5 Å². The molecule has 0 amide bonds. The van der Waals surface area contributed by atoms with E-state index in [9.17, 15) is 9.59 Å². The molecule has 6 heteroatoms. The Hall–Kier alpha value is -3.12. The highest BCUT2D eigenvalue weighted by Crippen LogP contribution is 2.33. The van der Waals surface area contributed by atoms with Gasteiger partial charge in [-0.1, -0.05) is 44.2 Å². The van der Waals surface area contributed by atoms with E-state index >= 15 is 0 Å². The number of rotatable bonds is 5. The second kappa shape index (κ2) is 9.39. The SMILES string of the molecule is CC.COCOc1c(OC(=O)c2ccccc2)c(=O)oc2ccccc12. The average Bonchev–Trinajstić information content (AvgIpc) is 2.70. The lowest BCUT2D eigenvalue weighted by Gasteiger charge is -2.12. The third-order valence-electron chi connectivity index (χ3n) is 3.25. The fraction of sp³-hybridized carbons (Fsp3) is 0.200. The van der Waals surface area contributed by atoms with Crippen molar-refractivity contribution < 1.29 is 23.4 Å². The van der Waals surface area contributed by atoms with E-state index in [4.69, 9.17) is 18.6 Å². The van der Waals surface area contributed by atoms with Gasteiger partial charge in [-0.3, -0.25) is 0 Å². The highest BCUT2D eigenvalue weighted by Gasteiger charge is 2.21. The molecule has 0 N–H and O–H groups in total. The summed E-state index contributed by atoms with van der Waals surface area (Å²) in [6.07, 6.45) is 0. The molecule has 0 aliphatic heterocycles. The molecular weight excluding hydrogens is 336 g/mol. The number of carbonyl (C=O) groups excluding carboxylic acids is 1. The fourth-order valence-corrected chi connectivity index (χ4v) is 2.18. The van der Waals surface area contributed by atoms with Gasteiger partial charge in [0.2, 0.25) is 0 Å². The first kappa shape index (κ1) is 19.2. The molecule has 0 bridgehead atoms. The molecule has 0 radical (unpaired) electrons. The molecule has 0 spiro atoms. The topological polar surface area (TPSA) is 75.0 Å². The van der Waals surface area contributed by atoms with Gasteiger partial charge in [-0.05, 0) is 24.3 Å². The van der Waals surface area contributed by atoms with Crippen molar-refractivity contribution in [2.24, 2.45) is 0 Å². The van der Waals surface area contributed by atoms with E-state index < -0.39 is 11.6 Å². The first-order valence-electron chi connectivity index (χ1n) is 8.15. The Kier molecular flexibility index (Phi) is 6.93. The molecule has 1 heterocycles. The highest BCUT2D eigenvalue weighted by molar-refractivity contribution is 5.93. The number of carbonyl (C=O) groups is 1. The minimum Gasteiger partial charge on any atom is -0.463 e. The Bertz CT molecular complexity index is 914. The Morgan fingerprint density at radius 2 is 1.62 bits per heavy atom. The van der Waals surface area contributed by atoms with Gasteiger partial charge in [0, 0.05) is 7.11 Å². The monoisotopic (exact) mass is 356 g/mol. The third-order valence-corrected chi connectivity index (χ3v) is 3.25. The van der Waals surface area contributed by atoms with Crippen LogP contribution in [0.1, 0.15) is 24.2 Å². The molecule has 0 saturated carbocycles. The summed E-state index contributed by atoms with van der Waals surface area (Å²) in [5.74, 6) is -0.881. The molecule has 0 aliphatic rings. The minimum atomic E-state index is -0.802. The van der Waals surface area contributed by atoms with Crippen LogP contribution in [0.15, 0.2) is 63.8 Å². The van der Waals surface area contributed by atoms with Crippen LogP contribution < -0.4 is 15.1 Å². The van der Waals surface area contributed by atoms with Crippen LogP contribution in [0, 0.1) is 0 Å². The molecule has 0 aliphatic carbocycles. The summed E-state index contributed by atoms with van der Waals surface area (Å²) >= 11 is 0. The predicted molar refractivity (Wildman–Crippen MR) is 97.7 cm³/mol. The average molecular weight is 356 g/mol. The van der Waals surface area contributed by atoms with Crippen LogP contribution in [0.5, 0.6) is 11.5 Å². The maximum Gasteiger partial charge on any atom is 0.383 e. The molecular formula is C20H20O6. The van der Waals surface area contributed by atoms with E-state index in [2.05, 4.69) is 0 Å². The lowest BCUT2D eigenvalue weighted by Crippen LogP contribution is -2.16. The summed E-state index contributed by atoms with van der Waals surface area (Å²) < 4.78 is 20.8. The molecule has 2 aromatic carbocycles. The van der Waals surface area contributed by atoms with Gasteiger partial charge in [0.05, 0.1) is 10.9 Å². The number of methoxy groups -OCH3 is 1. The van der Waals surface area contributed by atoms with Crippen LogP contribution in [-0.2, 0) is 4.74 Å². The molecule has 0 atom stereocenters. The zero-order chi connectivity index (χ0) is 18.9. The lowest BCUT2D eigenvalue weighted by atomic mass is 10.2. The largest absolute Gasteiger partial charge is 0.463 e. The first-order chi connectivity index (χ1) is 12.7. The van der Waals surface area contributed by atoms with Gasteiger partial charge < -0.3 is 18.6 Å². The van der Waals surface area contributed by atoms with Crippen molar-refractivity contribution in [3.05, 3.63) is 70.6 Å². The zero-order valence-electron chi connectivity index (χ0n) is 14.9. The van der Waals surface area contributed by atoms with Crippen molar-refractivity contribution in [3.63, 3.8) is 0 Å². The van der Waals surface area contributed by atoms with Crippen LogP contribution >= 0.6 is 0 Å². The van der Waals surface area contributed by atoms with E-state index in [1.165, 1.54) is 7.11 Å². The van der Waals surface area contributed by atoms with Crippen LogP contribution in [0.25, 0.3) is 11.0 Å². The van der Waals surface area contributed by atoms with Crippen molar-refractivity contribution in [2.45, 2.75) is 13.8 Å². The number of fused-ring (bicyclic) bond motifs is 1. The molecule has 0 fully saturated rings. The van der Waals surface area contributed by atoms with Gasteiger partial charge in [-0.2, -0.15) is 0 Å². The number of hydrogen-bond donors (Lipinski definition) is 0. The van der Waals surface area contributed by atoms with Crippen LogP contribution in [0.4, 0.5) is 0 Å². The van der Waals surface area contributed by atoms with Gasteiger partial charge in [-0.15, -0.1) is 0 Å². The van der Waals surface area contributed by atoms with Crippen LogP contribution in [-0.4, -0.2) is 19.9 Å². The number of hydrogen-bond acceptors (Lipinski definition) is 6. The van der Waals surface area contributed by atoms with Crippen LogP contribution in [0.3, 0.4) is 0 Å². The van der Waals surface area contributed by atoms with Gasteiger partial charge in [-0.25, -0.2) is 9.59 Å². The van der Waals surface area contributed by atoms with Gasteiger partial charge >= 0.3 is 11.6 Å². The molecule has 136 valence electrons. The van der Waals surface area contributed by atoms with E-state index in [-0.39, 0.29) is 18.3 Å². The van der Waals surface area contributed by atoms with Crippen LogP contribution in [0.2, 0.25) is 0 Å². The Balaban J connectivity index is 0.00000117. The van der Waals surface area contributed by atoms with E-state index in [0.29, 0.717) is 16.5 Å². The predicted octanol–water partition coefficient (Wildman–Crippen LogP) is 4.02. The molecule has 0 saturated heterocycles. The van der Waals surface area contributed by atoms with Crippen molar-refractivity contribution in [2.75, 3.05) is 13.9 Å². The smallest absolute Gasteiger partial charge is 0.383 e. The molecule has 26 heavy (non-hydrogen) atoms. The van der Waals surface area contributed by atoms with Crippen molar-refractivity contribution in [1.82, 2.24) is 0 Å². The number of ether oxygens (including phenoxy) is 3. The molecule has 0 unspecified atom stereocenters. The summed E-state index contributed by atoms with van der Waals surface area (Å²) in [6.45, 7) is 3.89. The molecule has 1 aromatic heterocycles. The Labute approximate surface area is 150 Å². The van der Waals surface area contributed by atoms with Gasteiger partial charge in [0.1, 0.15) is 5.58 Å². The second-order valence-electron chi connectivity index (χ2n) is 4.85. The highest BCUT2D eigenvalue weighted by atomic mass is 16.7. The summed E-state index contributed by atoms with van der Waals surface area (Å²) in [6, 6.07) is 15.1. The molecule has 3 aromatic rings. The number of para-hydroxylation sites is 1. The number of benzene rings is 2. The van der Waals surface area contributed by atoms with E-state index in [0.717, 1.165) is 0 Å². The Morgan fingerprint density at radius 1 is 0.962 bits per heavy atom. The second-order valence-corrected chi connectivity index (χ2v) is 4.85. The summed E-state index contributed by atoms with van der Waals surface area (Å²) in [4.78, 5) is 24.5. The Morgan fingerprint density at radius 3 is 2.31 bits per heavy atom. The maximum absolute atomic E-state index is 12.2. The standard InChI is InChI=1S/C18H14O6.C2H6/c1-21-11-22-15-13-9-5-6-10-14(13)23-18(20)16(15)24-17(19)12-7-3-2-4-8-12;1-2/h2-10H,11H2,1H3;1-2H3. The fourth-order valence-electron chi connectivity index (χ4n) is 2.18. The summed E-state index contributed by atoms with van der Waals surface area (Å²) in [5, 5.41) is 0.505. The first-order valence-corrected chi connectivity index (χ1v) is 8.15. The molecule has 3 rings (SSSR count). The minimum absolute atomic E-state index is 0.105. The lowest BCUT2D eigenvalue weighted by molar-refractivity contribution is 0.0474.